The molecule has 0 aliphatic heterocycles. The zero-order valence-electron chi connectivity index (χ0n) is 15.2. The van der Waals surface area contributed by atoms with Gasteiger partial charge in [-0.3, -0.25) is 4.90 Å². The molecule has 1 aliphatic carbocycles. The van der Waals surface area contributed by atoms with Crippen molar-refractivity contribution in [3.8, 4) is 5.75 Å². The molecule has 1 fully saturated rings. The Labute approximate surface area is 155 Å². The van der Waals surface area contributed by atoms with Crippen molar-refractivity contribution >= 4 is 11.3 Å². The first kappa shape index (κ1) is 18.4. The molecule has 1 heterocycles. The Morgan fingerprint density at radius 2 is 1.76 bits per heavy atom. The molecular weight excluding hydrogens is 328 g/mol. The number of thiophene rings is 1. The van der Waals surface area contributed by atoms with E-state index in [-0.39, 0.29) is 0 Å². The molecule has 0 amide bonds. The molecule has 3 nitrogen and oxygen atoms in total. The second-order valence-electron chi connectivity index (χ2n) is 7.22. The molecule has 1 aromatic carbocycles. The van der Waals surface area contributed by atoms with Gasteiger partial charge in [-0.2, -0.15) is 0 Å². The topological polar surface area (TPSA) is 38.5 Å². The highest BCUT2D eigenvalue weighted by molar-refractivity contribution is 7.09. The zero-order valence-corrected chi connectivity index (χ0v) is 16.0. The van der Waals surface area contributed by atoms with E-state index in [9.17, 15) is 0 Å². The predicted octanol–water partition coefficient (Wildman–Crippen LogP) is 4.52. The van der Waals surface area contributed by atoms with E-state index in [2.05, 4.69) is 46.7 Å². The number of nitrogens with two attached hydrogens (primary N) is 1. The van der Waals surface area contributed by atoms with Gasteiger partial charge in [0, 0.05) is 24.5 Å². The molecule has 136 valence electrons. The molecule has 4 heteroatoms. The van der Waals surface area contributed by atoms with Crippen LogP contribution in [-0.2, 0) is 13.1 Å². The summed E-state index contributed by atoms with van der Waals surface area (Å²) >= 11 is 1.86. The van der Waals surface area contributed by atoms with Gasteiger partial charge in [0.1, 0.15) is 5.75 Å². The van der Waals surface area contributed by atoms with Crippen molar-refractivity contribution in [3.63, 3.8) is 0 Å². The van der Waals surface area contributed by atoms with Crippen LogP contribution in [0.4, 0.5) is 0 Å². The first-order valence-corrected chi connectivity index (χ1v) is 10.2. The van der Waals surface area contributed by atoms with Crippen molar-refractivity contribution in [2.45, 2.75) is 38.8 Å². The normalized spacial score (nSPS) is 20.8. The molecule has 1 aliphatic rings. The van der Waals surface area contributed by atoms with Gasteiger partial charge < -0.3 is 10.5 Å². The number of ether oxygens (including phenoxy) is 1. The molecule has 3 rings (SSSR count). The lowest BCUT2D eigenvalue weighted by molar-refractivity contribution is 0.171. The molecule has 1 aromatic heterocycles. The van der Waals surface area contributed by atoms with E-state index in [1.807, 2.05) is 11.3 Å². The van der Waals surface area contributed by atoms with Crippen LogP contribution in [0.25, 0.3) is 0 Å². The van der Waals surface area contributed by atoms with E-state index in [0.717, 1.165) is 37.2 Å². The van der Waals surface area contributed by atoms with Crippen molar-refractivity contribution in [1.82, 2.24) is 4.90 Å². The molecule has 0 spiro atoms. The van der Waals surface area contributed by atoms with Crippen molar-refractivity contribution in [2.75, 3.05) is 20.2 Å². The van der Waals surface area contributed by atoms with Gasteiger partial charge in [0.25, 0.3) is 0 Å². The maximum Gasteiger partial charge on any atom is 0.118 e. The van der Waals surface area contributed by atoms with Gasteiger partial charge in [-0.25, -0.2) is 0 Å². The summed E-state index contributed by atoms with van der Waals surface area (Å²) in [5.74, 6) is 2.48. The molecule has 25 heavy (non-hydrogen) atoms. The maximum absolute atomic E-state index is 5.85. The quantitative estimate of drug-likeness (QED) is 0.754. The van der Waals surface area contributed by atoms with E-state index >= 15 is 0 Å². The number of methoxy groups -OCH3 is 1. The van der Waals surface area contributed by atoms with E-state index in [1.165, 1.54) is 42.7 Å². The van der Waals surface area contributed by atoms with Gasteiger partial charge in [0.05, 0.1) is 7.11 Å². The fourth-order valence-electron chi connectivity index (χ4n) is 3.81. The van der Waals surface area contributed by atoms with Crippen LogP contribution in [0, 0.1) is 11.8 Å². The summed E-state index contributed by atoms with van der Waals surface area (Å²) in [6.45, 7) is 4.08. The Morgan fingerprint density at radius 3 is 2.36 bits per heavy atom. The van der Waals surface area contributed by atoms with Gasteiger partial charge in [0.15, 0.2) is 0 Å². The third kappa shape index (κ3) is 5.56. The zero-order chi connectivity index (χ0) is 17.5. The first-order chi connectivity index (χ1) is 12.3. The molecule has 0 atom stereocenters. The predicted molar refractivity (Wildman–Crippen MR) is 106 cm³/mol. The third-order valence-corrected chi connectivity index (χ3v) is 6.20. The number of hydrogen-bond acceptors (Lipinski definition) is 4. The fraction of sp³-hybridized carbons (Fsp3) is 0.524. The maximum atomic E-state index is 5.85. The summed E-state index contributed by atoms with van der Waals surface area (Å²) in [6, 6.07) is 12.9. The number of hydrogen-bond donors (Lipinski definition) is 1. The third-order valence-electron chi connectivity index (χ3n) is 5.34. The first-order valence-electron chi connectivity index (χ1n) is 9.34. The molecule has 0 saturated heterocycles. The van der Waals surface area contributed by atoms with Gasteiger partial charge in [-0.1, -0.05) is 18.2 Å². The van der Waals surface area contributed by atoms with Crippen LogP contribution in [0.5, 0.6) is 5.75 Å². The lowest BCUT2D eigenvalue weighted by atomic mass is 9.82. The summed E-state index contributed by atoms with van der Waals surface area (Å²) in [5.41, 5.74) is 7.20. The highest BCUT2D eigenvalue weighted by atomic mass is 32.1. The van der Waals surface area contributed by atoms with Crippen LogP contribution >= 0.6 is 11.3 Å². The van der Waals surface area contributed by atoms with Gasteiger partial charge in [-0.15, -0.1) is 11.3 Å². The van der Waals surface area contributed by atoms with Crippen LogP contribution in [0.1, 0.15) is 36.1 Å². The summed E-state index contributed by atoms with van der Waals surface area (Å²) in [5, 5.41) is 2.17. The second-order valence-corrected chi connectivity index (χ2v) is 8.25. The van der Waals surface area contributed by atoms with Crippen molar-refractivity contribution in [3.05, 3.63) is 52.2 Å². The number of benzene rings is 1. The summed E-state index contributed by atoms with van der Waals surface area (Å²) < 4.78 is 5.28. The average molecular weight is 359 g/mol. The summed E-state index contributed by atoms with van der Waals surface area (Å²) in [4.78, 5) is 4.06. The molecule has 0 bridgehead atoms. The highest BCUT2D eigenvalue weighted by Gasteiger charge is 2.22. The van der Waals surface area contributed by atoms with Gasteiger partial charge >= 0.3 is 0 Å². The Hall–Kier alpha value is -1.36. The van der Waals surface area contributed by atoms with Crippen LogP contribution < -0.4 is 10.5 Å². The largest absolute Gasteiger partial charge is 0.497 e. The number of nitrogens with zero attached hydrogens (tertiary/aromatic N) is 1. The molecule has 2 N–H and O–H groups in total. The minimum Gasteiger partial charge on any atom is -0.497 e. The Morgan fingerprint density at radius 1 is 1.04 bits per heavy atom. The smallest absolute Gasteiger partial charge is 0.118 e. The second kappa shape index (κ2) is 9.37. The monoisotopic (exact) mass is 358 g/mol. The Balaban J connectivity index is 1.62. The van der Waals surface area contributed by atoms with Crippen LogP contribution in [-0.4, -0.2) is 25.1 Å². The Bertz CT molecular complexity index is 603. The SMILES string of the molecule is COc1ccc(CN(Cc2cccs2)CC2CCC(CN)CC2)cc1. The minimum absolute atomic E-state index is 0.753. The lowest BCUT2D eigenvalue weighted by Gasteiger charge is -2.32. The lowest BCUT2D eigenvalue weighted by Crippen LogP contribution is -2.32. The summed E-state index contributed by atoms with van der Waals surface area (Å²) in [6.07, 6.45) is 5.25. The standard InChI is InChI=1S/C21H30N2OS/c1-24-20-10-8-19(9-11-20)15-23(16-21-3-2-12-25-21)14-18-6-4-17(13-22)5-7-18/h2-3,8-12,17-18H,4-7,13-16,22H2,1H3. The van der Waals surface area contributed by atoms with E-state index in [1.54, 1.807) is 7.11 Å². The molecule has 2 aromatic rings. The fourth-order valence-corrected chi connectivity index (χ4v) is 4.56. The van der Waals surface area contributed by atoms with Gasteiger partial charge in [0.2, 0.25) is 0 Å². The molecule has 0 unspecified atom stereocenters. The molecular formula is C21H30N2OS. The molecule has 0 radical (unpaired) electrons. The van der Waals surface area contributed by atoms with E-state index in [0.29, 0.717) is 0 Å². The summed E-state index contributed by atoms with van der Waals surface area (Å²) in [7, 11) is 1.72. The van der Waals surface area contributed by atoms with Crippen molar-refractivity contribution in [1.29, 1.82) is 0 Å². The van der Waals surface area contributed by atoms with Crippen LogP contribution in [0.15, 0.2) is 41.8 Å². The Kier molecular flexibility index (Phi) is 6.91. The minimum atomic E-state index is 0.753. The highest BCUT2D eigenvalue weighted by Crippen LogP contribution is 2.29. The van der Waals surface area contributed by atoms with Crippen LogP contribution in [0.2, 0.25) is 0 Å². The van der Waals surface area contributed by atoms with Gasteiger partial charge in [-0.05, 0) is 73.2 Å². The van der Waals surface area contributed by atoms with Crippen LogP contribution in [0.3, 0.4) is 0 Å². The average Bonchev–Trinajstić information content (AvgIpc) is 3.16. The molecule has 1 saturated carbocycles. The van der Waals surface area contributed by atoms with Crippen molar-refractivity contribution < 1.29 is 4.74 Å². The van der Waals surface area contributed by atoms with E-state index in [4.69, 9.17) is 10.5 Å². The number of rotatable bonds is 8. The van der Waals surface area contributed by atoms with Crippen molar-refractivity contribution in [2.24, 2.45) is 17.6 Å². The van der Waals surface area contributed by atoms with E-state index < -0.39 is 0 Å².